The monoisotopic (exact) mass is 278 g/mol. The highest BCUT2D eigenvalue weighted by Crippen LogP contribution is 2.05. The van der Waals surface area contributed by atoms with Gasteiger partial charge in [0.05, 0.1) is 0 Å². The van der Waals surface area contributed by atoms with Gasteiger partial charge in [-0.25, -0.2) is 13.8 Å². The summed E-state index contributed by atoms with van der Waals surface area (Å²) in [5.74, 6) is -4.21. The predicted octanol–water partition coefficient (Wildman–Crippen LogP) is -2.63. The first kappa shape index (κ1) is 14.9. The van der Waals surface area contributed by atoms with Crippen molar-refractivity contribution in [3.63, 3.8) is 0 Å². The van der Waals surface area contributed by atoms with E-state index in [9.17, 15) is 22.2 Å². The molecule has 0 fully saturated rings. The molecule has 0 radical (unpaired) electrons. The van der Waals surface area contributed by atoms with E-state index >= 15 is 0 Å². The highest BCUT2D eigenvalue weighted by molar-refractivity contribution is 7.87. The molecule has 0 aromatic rings. The molecule has 4 N–H and O–H groups in total. The summed E-state index contributed by atoms with van der Waals surface area (Å²) in [6, 6.07) is 0. The van der Waals surface area contributed by atoms with Gasteiger partial charge < -0.3 is 19.5 Å². The van der Waals surface area contributed by atoms with E-state index < -0.39 is 44.0 Å². The number of carboxylic acids is 1. The zero-order valence-corrected chi connectivity index (χ0v) is 8.84. The van der Waals surface area contributed by atoms with Crippen LogP contribution in [-0.2, 0) is 35.5 Å². The molecule has 0 aliphatic rings. The van der Waals surface area contributed by atoms with Crippen LogP contribution in [0.3, 0.4) is 0 Å². The van der Waals surface area contributed by atoms with Crippen LogP contribution in [0.15, 0.2) is 0 Å². The molecule has 0 aliphatic carbocycles. The lowest BCUT2D eigenvalue weighted by molar-refractivity contribution is -0.161. The van der Waals surface area contributed by atoms with Crippen LogP contribution < -0.4 is 0 Å². The Morgan fingerprint density at radius 2 is 1.75 bits per heavy atom. The second-order valence-electron chi connectivity index (χ2n) is 2.25. The van der Waals surface area contributed by atoms with Crippen molar-refractivity contribution in [3.8, 4) is 0 Å². The third kappa shape index (κ3) is 4.19. The highest BCUT2D eigenvalue weighted by atomic mass is 32.2. The number of esters is 1. The number of aliphatic carboxylic acids is 1. The maximum Gasteiger partial charge on any atom is 0.363 e. The van der Waals surface area contributed by atoms with Gasteiger partial charge in [0.1, 0.15) is 0 Å². The first-order valence-electron chi connectivity index (χ1n) is 3.24. The van der Waals surface area contributed by atoms with Gasteiger partial charge in [0.2, 0.25) is 0 Å². The quantitative estimate of drug-likeness (QED) is 0.236. The Morgan fingerprint density at radius 1 is 1.31 bits per heavy atom. The van der Waals surface area contributed by atoms with Crippen LogP contribution in [0.5, 0.6) is 0 Å². The van der Waals surface area contributed by atoms with Gasteiger partial charge in [-0.2, -0.15) is 8.42 Å². The minimum Gasteiger partial charge on any atom is -0.478 e. The van der Waals surface area contributed by atoms with E-state index in [2.05, 4.69) is 4.74 Å². The van der Waals surface area contributed by atoms with E-state index in [4.69, 9.17) is 19.3 Å². The molecule has 0 saturated heterocycles. The van der Waals surface area contributed by atoms with Gasteiger partial charge in [0.25, 0.3) is 5.44 Å². The normalized spacial score (nSPS) is 17.2. The van der Waals surface area contributed by atoms with Crippen LogP contribution in [0, 0.1) is 0 Å². The predicted molar refractivity (Wildman–Crippen MR) is 45.8 cm³/mol. The van der Waals surface area contributed by atoms with Crippen molar-refractivity contribution in [3.05, 3.63) is 0 Å². The number of carbonyl (C=O) groups is 2. The van der Waals surface area contributed by atoms with Crippen LogP contribution >= 0.6 is 0 Å². The average Bonchev–Trinajstić information content (AvgIpc) is 2.09. The fourth-order valence-electron chi connectivity index (χ4n) is 0.485. The zero-order valence-electron chi connectivity index (χ0n) is 7.21. The van der Waals surface area contributed by atoms with Crippen molar-refractivity contribution in [2.24, 2.45) is 0 Å². The summed E-state index contributed by atoms with van der Waals surface area (Å²) in [6.07, 6.45) is 0. The van der Waals surface area contributed by atoms with E-state index in [1.54, 1.807) is 0 Å². The summed E-state index contributed by atoms with van der Waals surface area (Å²) in [6.45, 7) is 0. The molecule has 0 amide bonds. The number of aliphatic hydroxyl groups is 1. The topological polar surface area (TPSA) is 176 Å². The molecule has 12 heteroatoms. The number of rotatable bonds is 5. The molecular formula is C4H6O10S2. The SMILES string of the molecule is O=C(OC(C(=O)O)S(=O)(=O)O)C(O)S(=O)O. The van der Waals surface area contributed by atoms with Crippen molar-refractivity contribution in [2.75, 3.05) is 0 Å². The van der Waals surface area contributed by atoms with Gasteiger partial charge in [-0.3, -0.25) is 4.55 Å². The van der Waals surface area contributed by atoms with Crippen molar-refractivity contribution >= 4 is 33.1 Å². The maximum atomic E-state index is 10.7. The van der Waals surface area contributed by atoms with E-state index in [1.165, 1.54) is 0 Å². The van der Waals surface area contributed by atoms with Crippen molar-refractivity contribution in [1.82, 2.24) is 0 Å². The van der Waals surface area contributed by atoms with Crippen LogP contribution in [0.4, 0.5) is 0 Å². The lowest BCUT2D eigenvalue weighted by Crippen LogP contribution is -2.39. The van der Waals surface area contributed by atoms with Gasteiger partial charge in [-0.15, -0.1) is 0 Å². The molecule has 16 heavy (non-hydrogen) atoms. The summed E-state index contributed by atoms with van der Waals surface area (Å²) in [5.41, 5.74) is -5.61. The van der Waals surface area contributed by atoms with Gasteiger partial charge in [-0.05, 0) is 0 Å². The molecule has 0 saturated carbocycles. The highest BCUT2D eigenvalue weighted by Gasteiger charge is 2.37. The number of aliphatic hydroxyl groups excluding tert-OH is 1. The molecule has 0 aromatic carbocycles. The van der Waals surface area contributed by atoms with E-state index in [0.717, 1.165) is 0 Å². The summed E-state index contributed by atoms with van der Waals surface area (Å²) in [4.78, 5) is 20.9. The second-order valence-corrected chi connectivity index (χ2v) is 4.71. The first-order chi connectivity index (χ1) is 7.07. The number of hydrogen-bond donors (Lipinski definition) is 4. The van der Waals surface area contributed by atoms with E-state index in [0.29, 0.717) is 0 Å². The second kappa shape index (κ2) is 5.31. The molecule has 0 heterocycles. The summed E-state index contributed by atoms with van der Waals surface area (Å²) >= 11 is -3.09. The maximum absolute atomic E-state index is 10.7. The minimum absolute atomic E-state index is 1.98. The third-order valence-corrected chi connectivity index (χ3v) is 2.50. The van der Waals surface area contributed by atoms with E-state index in [1.807, 2.05) is 0 Å². The van der Waals surface area contributed by atoms with Crippen molar-refractivity contribution in [1.29, 1.82) is 0 Å². The molecule has 0 bridgehead atoms. The fraction of sp³-hybridized carbons (Fsp3) is 0.500. The molecule has 0 rings (SSSR count). The molecule has 94 valence electrons. The third-order valence-electron chi connectivity index (χ3n) is 1.09. The van der Waals surface area contributed by atoms with Crippen molar-refractivity contribution < 1.29 is 46.3 Å². The number of carbonyl (C=O) groups excluding carboxylic acids is 1. The Labute approximate surface area is 90.9 Å². The Hall–Kier alpha value is -1.08. The molecular weight excluding hydrogens is 272 g/mol. The summed E-state index contributed by atoms with van der Waals surface area (Å²) in [5, 5.41) is 16.8. The van der Waals surface area contributed by atoms with Gasteiger partial charge in [0, 0.05) is 0 Å². The fourth-order valence-corrected chi connectivity index (χ4v) is 1.18. The summed E-state index contributed by atoms with van der Waals surface area (Å²) < 4.78 is 51.0. The molecule has 0 spiro atoms. The average molecular weight is 278 g/mol. The van der Waals surface area contributed by atoms with Crippen LogP contribution in [-0.4, -0.2) is 54.8 Å². The lowest BCUT2D eigenvalue weighted by atomic mass is 10.7. The lowest BCUT2D eigenvalue weighted by Gasteiger charge is -2.11. The molecule has 0 aromatic heterocycles. The number of hydrogen-bond acceptors (Lipinski definition) is 7. The molecule has 10 nitrogen and oxygen atoms in total. The standard InChI is InChI=1S/C4H6O10S2/c5-1(6)4(16(11,12)13)14-2(7)3(8)15(9)10/h3-4,8H,(H,5,6)(H,9,10)(H,11,12,13). The smallest absolute Gasteiger partial charge is 0.363 e. The molecule has 0 aliphatic heterocycles. The Balaban J connectivity index is 4.88. The number of ether oxygens (including phenoxy) is 1. The first-order valence-corrected chi connectivity index (χ1v) is 5.92. The Kier molecular flexibility index (Phi) is 4.95. The molecule has 3 unspecified atom stereocenters. The van der Waals surface area contributed by atoms with Crippen molar-refractivity contribution in [2.45, 2.75) is 10.9 Å². The number of carboxylic acid groups (broad SMARTS) is 1. The Bertz CT molecular complexity index is 409. The minimum atomic E-state index is -5.25. The van der Waals surface area contributed by atoms with Gasteiger partial charge in [-0.1, -0.05) is 0 Å². The zero-order chi connectivity index (χ0) is 13.1. The van der Waals surface area contributed by atoms with Crippen LogP contribution in [0.1, 0.15) is 0 Å². The van der Waals surface area contributed by atoms with Gasteiger partial charge >= 0.3 is 27.5 Å². The van der Waals surface area contributed by atoms with Gasteiger partial charge in [0.15, 0.2) is 11.1 Å². The van der Waals surface area contributed by atoms with E-state index in [-0.39, 0.29) is 0 Å². The largest absolute Gasteiger partial charge is 0.478 e. The molecule has 3 atom stereocenters. The van der Waals surface area contributed by atoms with Crippen LogP contribution in [0.2, 0.25) is 0 Å². The summed E-state index contributed by atoms with van der Waals surface area (Å²) in [7, 11) is -5.25. The van der Waals surface area contributed by atoms with Crippen LogP contribution in [0.25, 0.3) is 0 Å². The Morgan fingerprint density at radius 3 is 2.00 bits per heavy atom.